The van der Waals surface area contributed by atoms with Crippen LogP contribution in [0, 0.1) is 0 Å². The van der Waals surface area contributed by atoms with Crippen molar-refractivity contribution >= 4 is 17.4 Å². The molecular weight excluding hydrogens is 298 g/mol. The van der Waals surface area contributed by atoms with Crippen LogP contribution in [0.1, 0.15) is 54.2 Å². The minimum Gasteiger partial charge on any atom is -0.300 e. The summed E-state index contributed by atoms with van der Waals surface area (Å²) >= 11 is 0. The maximum absolute atomic E-state index is 12.9. The number of nitrogens with zero attached hydrogens (tertiary/aromatic N) is 1. The van der Waals surface area contributed by atoms with Gasteiger partial charge in [0.1, 0.15) is 0 Å². The molecule has 1 aliphatic heterocycles. The first-order chi connectivity index (χ1) is 11.6. The molecule has 0 fully saturated rings. The van der Waals surface area contributed by atoms with E-state index in [1.54, 1.807) is 11.0 Å². The second kappa shape index (κ2) is 6.83. The van der Waals surface area contributed by atoms with Gasteiger partial charge in [0.2, 0.25) is 0 Å². The number of hydrogen-bond donors (Lipinski definition) is 0. The summed E-state index contributed by atoms with van der Waals surface area (Å²) in [5.41, 5.74) is 3.27. The maximum atomic E-state index is 12.9. The highest BCUT2D eigenvalue weighted by molar-refractivity contribution is 6.12. The van der Waals surface area contributed by atoms with Crippen molar-refractivity contribution in [3.63, 3.8) is 0 Å². The molecule has 1 aliphatic rings. The average molecular weight is 319 g/mol. The van der Waals surface area contributed by atoms with E-state index in [-0.39, 0.29) is 17.7 Å². The molecule has 0 aromatic heterocycles. The fourth-order valence-corrected chi connectivity index (χ4v) is 3.15. The van der Waals surface area contributed by atoms with E-state index in [2.05, 4.69) is 0 Å². The van der Waals surface area contributed by atoms with E-state index in [1.807, 2.05) is 68.4 Å². The molecule has 2 aromatic carbocycles. The average Bonchev–Trinajstić information content (AvgIpc) is 2.88. The van der Waals surface area contributed by atoms with Crippen LogP contribution >= 0.6 is 0 Å². The number of ketones is 1. The van der Waals surface area contributed by atoms with Gasteiger partial charge in [-0.05, 0) is 25.0 Å². The van der Waals surface area contributed by atoms with Crippen molar-refractivity contribution in [2.24, 2.45) is 0 Å². The van der Waals surface area contributed by atoms with Gasteiger partial charge in [0, 0.05) is 23.6 Å². The minimum atomic E-state index is -0.133. The first-order valence-corrected chi connectivity index (χ1v) is 8.36. The molecule has 0 saturated heterocycles. The zero-order valence-electron chi connectivity index (χ0n) is 14.0. The number of allylic oxidation sites excluding steroid dienone is 1. The number of fused-ring (bicyclic) bond motifs is 1. The van der Waals surface area contributed by atoms with Crippen LogP contribution in [0.3, 0.4) is 0 Å². The molecule has 0 spiro atoms. The van der Waals surface area contributed by atoms with Crippen LogP contribution < -0.4 is 0 Å². The zero-order valence-corrected chi connectivity index (χ0v) is 14.0. The first kappa shape index (κ1) is 16.2. The summed E-state index contributed by atoms with van der Waals surface area (Å²) in [5.74, 6) is 0.0137. The van der Waals surface area contributed by atoms with Gasteiger partial charge in [0.05, 0.1) is 11.7 Å². The summed E-state index contributed by atoms with van der Waals surface area (Å²) in [7, 11) is 0. The Bertz CT molecular complexity index is 792. The second-order valence-electron chi connectivity index (χ2n) is 6.05. The van der Waals surface area contributed by atoms with Gasteiger partial charge in [0.15, 0.2) is 5.78 Å². The van der Waals surface area contributed by atoms with Crippen molar-refractivity contribution in [1.29, 1.82) is 0 Å². The minimum absolute atomic E-state index is 0.0440. The van der Waals surface area contributed by atoms with E-state index < -0.39 is 0 Å². The number of hydrogen-bond acceptors (Lipinski definition) is 2. The summed E-state index contributed by atoms with van der Waals surface area (Å²) in [6, 6.07) is 17.3. The largest absolute Gasteiger partial charge is 0.300 e. The Morgan fingerprint density at radius 3 is 2.33 bits per heavy atom. The van der Waals surface area contributed by atoms with Gasteiger partial charge in [-0.25, -0.2) is 0 Å². The summed E-state index contributed by atoms with van der Waals surface area (Å²) in [6.45, 7) is 3.98. The van der Waals surface area contributed by atoms with Gasteiger partial charge in [-0.15, -0.1) is 0 Å². The molecule has 1 amide bonds. The number of carbonyl (C=O) groups is 2. The quantitative estimate of drug-likeness (QED) is 0.754. The van der Waals surface area contributed by atoms with Crippen LogP contribution in [0.25, 0.3) is 5.70 Å². The summed E-state index contributed by atoms with van der Waals surface area (Å²) < 4.78 is 0. The lowest BCUT2D eigenvalue weighted by Crippen LogP contribution is -2.27. The van der Waals surface area contributed by atoms with Crippen molar-refractivity contribution in [3.05, 3.63) is 77.4 Å². The molecule has 122 valence electrons. The van der Waals surface area contributed by atoms with Gasteiger partial charge >= 0.3 is 0 Å². The molecule has 0 unspecified atom stereocenters. The molecule has 0 N–H and O–H groups in total. The fraction of sp³-hybridized carbons (Fsp3) is 0.238. The van der Waals surface area contributed by atoms with E-state index in [4.69, 9.17) is 0 Å². The van der Waals surface area contributed by atoms with Gasteiger partial charge in [-0.3, -0.25) is 9.59 Å². The van der Waals surface area contributed by atoms with E-state index in [9.17, 15) is 9.59 Å². The van der Waals surface area contributed by atoms with Crippen LogP contribution in [0.4, 0.5) is 0 Å². The summed E-state index contributed by atoms with van der Waals surface area (Å²) in [6.07, 6.45) is 2.92. The number of carbonyl (C=O) groups excluding carboxylic acids is 2. The van der Waals surface area contributed by atoms with Crippen LogP contribution in [0.15, 0.2) is 60.7 Å². The predicted octanol–water partition coefficient (Wildman–Crippen LogP) is 4.61. The third-order valence-electron chi connectivity index (χ3n) is 4.38. The van der Waals surface area contributed by atoms with Crippen molar-refractivity contribution in [2.75, 3.05) is 0 Å². The molecule has 0 radical (unpaired) electrons. The standard InChI is InChI=1S/C21H21NO2/c1-3-9-17(23)14-20-18-12-7-8-13-19(18)21(24)22(20)15(2)16-10-5-4-6-11-16/h4-8,10-15H,3,9H2,1-2H3/b20-14+/t15-/m0/s1. The Morgan fingerprint density at radius 1 is 1.04 bits per heavy atom. The van der Waals surface area contributed by atoms with Gasteiger partial charge in [-0.2, -0.15) is 0 Å². The SMILES string of the molecule is CCCC(=O)/C=C1\c2ccccc2C(=O)N1[C@@H](C)c1ccccc1. The summed E-state index contributed by atoms with van der Waals surface area (Å²) in [4.78, 5) is 26.9. The second-order valence-corrected chi connectivity index (χ2v) is 6.05. The van der Waals surface area contributed by atoms with Crippen molar-refractivity contribution in [1.82, 2.24) is 4.90 Å². The highest BCUT2D eigenvalue weighted by Crippen LogP contribution is 2.39. The maximum Gasteiger partial charge on any atom is 0.259 e. The predicted molar refractivity (Wildman–Crippen MR) is 95.4 cm³/mol. The van der Waals surface area contributed by atoms with Gasteiger partial charge in [-0.1, -0.05) is 55.5 Å². The van der Waals surface area contributed by atoms with Crippen LogP contribution in [-0.2, 0) is 4.79 Å². The fourth-order valence-electron chi connectivity index (χ4n) is 3.15. The number of benzene rings is 2. The highest BCUT2D eigenvalue weighted by Gasteiger charge is 2.35. The van der Waals surface area contributed by atoms with E-state index in [0.717, 1.165) is 17.5 Å². The molecule has 0 aliphatic carbocycles. The summed E-state index contributed by atoms with van der Waals surface area (Å²) in [5, 5.41) is 0. The molecule has 3 nitrogen and oxygen atoms in total. The van der Waals surface area contributed by atoms with E-state index in [0.29, 0.717) is 17.7 Å². The molecule has 3 heteroatoms. The molecule has 24 heavy (non-hydrogen) atoms. The highest BCUT2D eigenvalue weighted by atomic mass is 16.2. The van der Waals surface area contributed by atoms with Crippen molar-refractivity contribution in [2.45, 2.75) is 32.7 Å². The monoisotopic (exact) mass is 319 g/mol. The van der Waals surface area contributed by atoms with Crippen molar-refractivity contribution < 1.29 is 9.59 Å². The van der Waals surface area contributed by atoms with Gasteiger partial charge in [0.25, 0.3) is 5.91 Å². The lowest BCUT2D eigenvalue weighted by atomic mass is 10.0. The number of amides is 1. The lowest BCUT2D eigenvalue weighted by molar-refractivity contribution is -0.114. The van der Waals surface area contributed by atoms with Crippen LogP contribution in [0.2, 0.25) is 0 Å². The third kappa shape index (κ3) is 2.90. The van der Waals surface area contributed by atoms with Crippen LogP contribution in [0.5, 0.6) is 0 Å². The smallest absolute Gasteiger partial charge is 0.259 e. The van der Waals surface area contributed by atoms with Crippen molar-refractivity contribution in [3.8, 4) is 0 Å². The molecular formula is C21H21NO2. The Balaban J connectivity index is 2.07. The third-order valence-corrected chi connectivity index (χ3v) is 4.38. The Hall–Kier alpha value is -2.68. The topological polar surface area (TPSA) is 37.4 Å². The Labute approximate surface area is 142 Å². The van der Waals surface area contributed by atoms with E-state index >= 15 is 0 Å². The molecule has 1 atom stereocenters. The zero-order chi connectivity index (χ0) is 17.1. The normalized spacial score (nSPS) is 16.3. The lowest BCUT2D eigenvalue weighted by Gasteiger charge is -2.26. The number of rotatable bonds is 5. The van der Waals surface area contributed by atoms with Crippen LogP contribution in [-0.4, -0.2) is 16.6 Å². The van der Waals surface area contributed by atoms with E-state index in [1.165, 1.54) is 0 Å². The molecule has 1 heterocycles. The molecule has 0 saturated carbocycles. The Morgan fingerprint density at radius 2 is 1.67 bits per heavy atom. The molecule has 0 bridgehead atoms. The first-order valence-electron chi connectivity index (χ1n) is 8.36. The molecule has 2 aromatic rings. The van der Waals surface area contributed by atoms with Gasteiger partial charge < -0.3 is 4.90 Å². The Kier molecular flexibility index (Phi) is 4.61. The molecule has 3 rings (SSSR count).